The summed E-state index contributed by atoms with van der Waals surface area (Å²) in [6, 6.07) is 4.33. The van der Waals surface area contributed by atoms with Gasteiger partial charge in [-0.1, -0.05) is 25.8 Å². The SMILES string of the molecule is CCCC[C@@H]1C[C@H](N(C)C(C)C)CC[C@@H]1NC(=O)[C@@H](C)NC(=O)c1cccc(C(F)(F)F)c1. The van der Waals surface area contributed by atoms with Crippen molar-refractivity contribution < 1.29 is 22.8 Å². The summed E-state index contributed by atoms with van der Waals surface area (Å²) in [7, 11) is 2.15. The third kappa shape index (κ3) is 7.73. The molecule has 1 aromatic carbocycles. The first-order chi connectivity index (χ1) is 15.4. The van der Waals surface area contributed by atoms with Crippen LogP contribution in [0.3, 0.4) is 0 Å². The maximum Gasteiger partial charge on any atom is 0.416 e. The van der Waals surface area contributed by atoms with Crippen molar-refractivity contribution in [2.75, 3.05) is 7.05 Å². The van der Waals surface area contributed by atoms with E-state index >= 15 is 0 Å². The van der Waals surface area contributed by atoms with Crippen molar-refractivity contribution in [3.05, 3.63) is 35.4 Å². The van der Waals surface area contributed by atoms with Gasteiger partial charge in [0.15, 0.2) is 0 Å². The summed E-state index contributed by atoms with van der Waals surface area (Å²) in [5, 5.41) is 5.64. The van der Waals surface area contributed by atoms with Crippen molar-refractivity contribution in [3.8, 4) is 0 Å². The fourth-order valence-electron chi connectivity index (χ4n) is 4.50. The number of hydrogen-bond donors (Lipinski definition) is 2. The van der Waals surface area contributed by atoms with Gasteiger partial charge < -0.3 is 15.5 Å². The highest BCUT2D eigenvalue weighted by Gasteiger charge is 2.34. The zero-order valence-corrected chi connectivity index (χ0v) is 20.3. The zero-order valence-electron chi connectivity index (χ0n) is 20.3. The van der Waals surface area contributed by atoms with Crippen LogP contribution in [0.4, 0.5) is 13.2 Å². The molecule has 33 heavy (non-hydrogen) atoms. The van der Waals surface area contributed by atoms with E-state index in [9.17, 15) is 22.8 Å². The van der Waals surface area contributed by atoms with E-state index in [1.54, 1.807) is 6.92 Å². The summed E-state index contributed by atoms with van der Waals surface area (Å²) in [5.41, 5.74) is -1.02. The van der Waals surface area contributed by atoms with Gasteiger partial charge in [0, 0.05) is 23.7 Å². The lowest BCUT2D eigenvalue weighted by atomic mass is 9.78. The molecule has 2 amide bonds. The fraction of sp³-hybridized carbons (Fsp3) is 0.680. The molecule has 0 spiro atoms. The molecule has 186 valence electrons. The summed E-state index contributed by atoms with van der Waals surface area (Å²) in [6.07, 6.45) is 1.57. The van der Waals surface area contributed by atoms with Crippen molar-refractivity contribution in [1.29, 1.82) is 0 Å². The Kier molecular flexibility index (Phi) is 9.76. The Labute approximate surface area is 195 Å². The van der Waals surface area contributed by atoms with Gasteiger partial charge in [0.1, 0.15) is 6.04 Å². The molecule has 0 unspecified atom stereocenters. The number of unbranched alkanes of at least 4 members (excludes halogenated alkanes) is 1. The van der Waals surface area contributed by atoms with Crippen LogP contribution in [0.5, 0.6) is 0 Å². The third-order valence-electron chi connectivity index (χ3n) is 6.79. The molecule has 1 fully saturated rings. The molecule has 8 heteroatoms. The number of nitrogens with zero attached hydrogens (tertiary/aromatic N) is 1. The summed E-state index contributed by atoms with van der Waals surface area (Å²) in [6.45, 7) is 8.08. The largest absolute Gasteiger partial charge is 0.416 e. The van der Waals surface area contributed by atoms with Crippen molar-refractivity contribution in [2.45, 2.75) is 96.6 Å². The van der Waals surface area contributed by atoms with E-state index in [0.29, 0.717) is 18.0 Å². The molecule has 1 aliphatic carbocycles. The number of nitrogens with one attached hydrogen (secondary N) is 2. The number of hydrogen-bond acceptors (Lipinski definition) is 3. The molecule has 1 aliphatic rings. The van der Waals surface area contributed by atoms with E-state index in [4.69, 9.17) is 0 Å². The lowest BCUT2D eigenvalue weighted by Gasteiger charge is -2.42. The van der Waals surface area contributed by atoms with Crippen LogP contribution >= 0.6 is 0 Å². The molecule has 4 atom stereocenters. The number of halogens is 3. The minimum atomic E-state index is -4.53. The van der Waals surface area contributed by atoms with Gasteiger partial charge in [-0.15, -0.1) is 0 Å². The highest BCUT2D eigenvalue weighted by atomic mass is 19.4. The van der Waals surface area contributed by atoms with Crippen LogP contribution in [-0.2, 0) is 11.0 Å². The molecule has 0 radical (unpaired) electrons. The Morgan fingerprint density at radius 1 is 1.18 bits per heavy atom. The highest BCUT2D eigenvalue weighted by Crippen LogP contribution is 2.32. The van der Waals surface area contributed by atoms with Crippen molar-refractivity contribution in [2.24, 2.45) is 5.92 Å². The standard InChI is InChI=1S/C25H38F3N3O2/c1-6-7-9-18-15-21(31(5)16(2)3)12-13-22(18)30-23(32)17(4)29-24(33)19-10-8-11-20(14-19)25(26,27)28/h8,10-11,14,16-18,21-22H,6-7,9,12-13,15H2,1-5H3,(H,29,33)(H,30,32)/t17-,18-,21-,22+/m1/s1. The minimum Gasteiger partial charge on any atom is -0.351 e. The van der Waals surface area contributed by atoms with E-state index in [1.807, 2.05) is 0 Å². The van der Waals surface area contributed by atoms with Crippen LogP contribution in [0.25, 0.3) is 0 Å². The molecule has 0 bridgehead atoms. The fourth-order valence-corrected chi connectivity index (χ4v) is 4.50. The maximum absolute atomic E-state index is 12.9. The molecule has 2 rings (SSSR count). The number of carbonyl (C=O) groups is 2. The number of amides is 2. The molecule has 1 aromatic rings. The van der Waals surface area contributed by atoms with Gasteiger partial charge in [-0.3, -0.25) is 9.59 Å². The van der Waals surface area contributed by atoms with Gasteiger partial charge >= 0.3 is 6.18 Å². The van der Waals surface area contributed by atoms with Crippen LogP contribution < -0.4 is 10.6 Å². The van der Waals surface area contributed by atoms with Gasteiger partial charge in [0.25, 0.3) is 5.91 Å². The Hall–Kier alpha value is -2.09. The van der Waals surface area contributed by atoms with Crippen LogP contribution in [0.1, 0.15) is 82.1 Å². The topological polar surface area (TPSA) is 61.4 Å². The normalized spacial score (nSPS) is 22.3. The van der Waals surface area contributed by atoms with Gasteiger partial charge in [0.2, 0.25) is 5.91 Å². The van der Waals surface area contributed by atoms with E-state index < -0.39 is 23.7 Å². The van der Waals surface area contributed by atoms with Gasteiger partial charge in [-0.05, 0) is 77.6 Å². The van der Waals surface area contributed by atoms with E-state index in [1.165, 1.54) is 12.1 Å². The first kappa shape index (κ1) is 27.2. The first-order valence-corrected chi connectivity index (χ1v) is 11.9. The second-order valence-corrected chi connectivity index (χ2v) is 9.52. The minimum absolute atomic E-state index is 0.0359. The maximum atomic E-state index is 12.9. The molecule has 0 heterocycles. The van der Waals surface area contributed by atoms with Gasteiger partial charge in [-0.25, -0.2) is 0 Å². The molecular formula is C25H38F3N3O2. The second kappa shape index (κ2) is 11.9. The number of carbonyl (C=O) groups excluding carboxylic acids is 2. The van der Waals surface area contributed by atoms with E-state index in [-0.39, 0.29) is 17.5 Å². The second-order valence-electron chi connectivity index (χ2n) is 9.52. The van der Waals surface area contributed by atoms with Gasteiger partial charge in [0.05, 0.1) is 5.56 Å². The quantitative estimate of drug-likeness (QED) is 0.535. The number of alkyl halides is 3. The molecule has 0 aromatic heterocycles. The average Bonchev–Trinajstić information content (AvgIpc) is 2.77. The molecule has 0 saturated heterocycles. The third-order valence-corrected chi connectivity index (χ3v) is 6.79. The Bertz CT molecular complexity index is 797. The highest BCUT2D eigenvalue weighted by molar-refractivity contribution is 5.97. The molecule has 5 nitrogen and oxygen atoms in total. The number of rotatable bonds is 9. The molecule has 0 aliphatic heterocycles. The number of benzene rings is 1. The first-order valence-electron chi connectivity index (χ1n) is 11.9. The van der Waals surface area contributed by atoms with E-state index in [0.717, 1.165) is 50.7 Å². The monoisotopic (exact) mass is 469 g/mol. The van der Waals surface area contributed by atoms with Crippen molar-refractivity contribution >= 4 is 11.8 Å². The lowest BCUT2D eigenvalue weighted by molar-refractivity contribution is -0.137. The Morgan fingerprint density at radius 3 is 2.48 bits per heavy atom. The van der Waals surface area contributed by atoms with Crippen LogP contribution in [0, 0.1) is 5.92 Å². The Balaban J connectivity index is 2.00. The Morgan fingerprint density at radius 2 is 1.88 bits per heavy atom. The van der Waals surface area contributed by atoms with Crippen LogP contribution in [0.15, 0.2) is 24.3 Å². The predicted octanol–water partition coefficient (Wildman–Crippen LogP) is 5.01. The van der Waals surface area contributed by atoms with Crippen LogP contribution in [-0.4, -0.2) is 47.9 Å². The molecule has 1 saturated carbocycles. The summed E-state index contributed by atoms with van der Waals surface area (Å²) in [5.74, 6) is -0.647. The average molecular weight is 470 g/mol. The zero-order chi connectivity index (χ0) is 24.8. The van der Waals surface area contributed by atoms with Crippen molar-refractivity contribution in [3.63, 3.8) is 0 Å². The summed E-state index contributed by atoms with van der Waals surface area (Å²) in [4.78, 5) is 27.7. The van der Waals surface area contributed by atoms with Crippen LogP contribution in [0.2, 0.25) is 0 Å². The smallest absolute Gasteiger partial charge is 0.351 e. The summed E-state index contributed by atoms with van der Waals surface area (Å²) >= 11 is 0. The lowest BCUT2D eigenvalue weighted by Crippen LogP contribution is -2.53. The van der Waals surface area contributed by atoms with Gasteiger partial charge in [-0.2, -0.15) is 13.2 Å². The predicted molar refractivity (Wildman–Crippen MR) is 124 cm³/mol. The van der Waals surface area contributed by atoms with E-state index in [2.05, 4.69) is 43.4 Å². The molecular weight excluding hydrogens is 431 g/mol. The molecule has 2 N–H and O–H groups in total. The summed E-state index contributed by atoms with van der Waals surface area (Å²) < 4.78 is 38.8. The van der Waals surface area contributed by atoms with Crippen molar-refractivity contribution in [1.82, 2.24) is 15.5 Å².